The average Bonchev–Trinajstić information content (AvgIpc) is 3.54. The number of nitrogens with one attached hydrogen (secondary N) is 1. The van der Waals surface area contributed by atoms with Gasteiger partial charge in [-0.05, 0) is 61.7 Å². The lowest BCUT2D eigenvalue weighted by molar-refractivity contribution is -0.121. The second kappa shape index (κ2) is 9.79. The third-order valence-corrected chi connectivity index (χ3v) is 6.15. The predicted molar refractivity (Wildman–Crippen MR) is 117 cm³/mol. The van der Waals surface area contributed by atoms with Crippen molar-refractivity contribution in [3.8, 4) is 0 Å². The van der Waals surface area contributed by atoms with Crippen LogP contribution in [0.15, 0.2) is 65.7 Å². The van der Waals surface area contributed by atoms with Gasteiger partial charge in [0.2, 0.25) is 0 Å². The maximum Gasteiger partial charge on any atom is 0.164 e. The number of hydrogen-bond donors (Lipinski definition) is 1. The second-order valence-electron chi connectivity index (χ2n) is 7.72. The summed E-state index contributed by atoms with van der Waals surface area (Å²) in [6.07, 6.45) is 3.32. The molecule has 2 unspecified atom stereocenters. The summed E-state index contributed by atoms with van der Waals surface area (Å²) in [5.41, 5.74) is 1.74. The van der Waals surface area contributed by atoms with Crippen molar-refractivity contribution in [3.63, 3.8) is 0 Å². The molecule has 3 rings (SSSR count). The van der Waals surface area contributed by atoms with Crippen LogP contribution in [-0.2, 0) is 14.9 Å². The summed E-state index contributed by atoms with van der Waals surface area (Å²) in [6, 6.07) is 14.9. The number of hydrogen-bond acceptors (Lipinski definition) is 3. The summed E-state index contributed by atoms with van der Waals surface area (Å²) in [5.74, 6) is -0.169. The average molecular weight is 460 g/mol. The van der Waals surface area contributed by atoms with Crippen LogP contribution in [-0.4, -0.2) is 25.0 Å². The van der Waals surface area contributed by atoms with Gasteiger partial charge in [-0.25, -0.2) is 4.39 Å². The Bertz CT molecular complexity index is 833. The number of Topliss-reactive ketones (excluding diaryl/α,β-unsaturated/α-hetero) is 1. The van der Waals surface area contributed by atoms with Crippen LogP contribution in [0.5, 0.6) is 0 Å². The van der Waals surface area contributed by atoms with Crippen molar-refractivity contribution in [2.75, 3.05) is 13.2 Å². The van der Waals surface area contributed by atoms with Crippen molar-refractivity contribution < 1.29 is 13.9 Å². The van der Waals surface area contributed by atoms with Crippen molar-refractivity contribution >= 4 is 21.7 Å². The van der Waals surface area contributed by atoms with Crippen LogP contribution in [0.2, 0.25) is 0 Å². The molecule has 3 nitrogen and oxygen atoms in total. The largest absolute Gasteiger partial charge is 0.365 e. The Morgan fingerprint density at radius 3 is 2.55 bits per heavy atom. The van der Waals surface area contributed by atoms with Crippen LogP contribution in [0.3, 0.4) is 0 Å². The van der Waals surface area contributed by atoms with E-state index < -0.39 is 5.41 Å². The van der Waals surface area contributed by atoms with E-state index in [4.69, 9.17) is 4.74 Å². The van der Waals surface area contributed by atoms with Gasteiger partial charge in [0.1, 0.15) is 11.9 Å². The van der Waals surface area contributed by atoms with E-state index in [9.17, 15) is 9.18 Å². The molecule has 0 amide bonds. The normalized spacial score (nSPS) is 18.7. The molecule has 1 heterocycles. The molecule has 0 radical (unpaired) electrons. The van der Waals surface area contributed by atoms with Gasteiger partial charge >= 0.3 is 0 Å². The van der Waals surface area contributed by atoms with Gasteiger partial charge in [0, 0.05) is 22.4 Å². The highest BCUT2D eigenvalue weighted by molar-refractivity contribution is 9.10. The van der Waals surface area contributed by atoms with E-state index in [1.165, 1.54) is 17.7 Å². The SMILES string of the molecule is C=CCC(CCN[C@@H](C)c1ccc(Br)cc1)(CC(=O)C1CO1)c1ccc(F)cc1. The molecule has 1 fully saturated rings. The minimum atomic E-state index is -0.426. The van der Waals surface area contributed by atoms with Crippen LogP contribution in [0.4, 0.5) is 4.39 Å². The first-order valence-electron chi connectivity index (χ1n) is 9.94. The first-order chi connectivity index (χ1) is 13.9. The Kier molecular flexibility index (Phi) is 7.38. The minimum Gasteiger partial charge on any atom is -0.365 e. The summed E-state index contributed by atoms with van der Waals surface area (Å²) < 4.78 is 19.8. The molecular formula is C24H27BrFNO2. The molecule has 0 saturated carbocycles. The molecule has 29 heavy (non-hydrogen) atoms. The zero-order valence-corrected chi connectivity index (χ0v) is 18.3. The summed E-state index contributed by atoms with van der Waals surface area (Å²) in [4.78, 5) is 12.6. The van der Waals surface area contributed by atoms with Gasteiger partial charge < -0.3 is 10.1 Å². The standard InChI is InChI=1S/C24H27BrFNO2/c1-3-12-24(15-22(28)23-16-29-23,19-6-10-21(26)11-7-19)13-14-27-17(2)18-4-8-20(25)9-5-18/h3-11,17,23,27H,1,12-16H2,2H3/t17-,23?,24?/m0/s1. The first-order valence-corrected chi connectivity index (χ1v) is 10.7. The Labute approximate surface area is 180 Å². The highest BCUT2D eigenvalue weighted by Crippen LogP contribution is 2.38. The van der Waals surface area contributed by atoms with Crippen molar-refractivity contribution in [3.05, 3.63) is 82.6 Å². The lowest BCUT2D eigenvalue weighted by atomic mass is 9.71. The third-order valence-electron chi connectivity index (χ3n) is 5.62. The Hall–Kier alpha value is -1.82. The van der Waals surface area contributed by atoms with Gasteiger partial charge in [0.05, 0.1) is 6.61 Å². The summed E-state index contributed by atoms with van der Waals surface area (Å²) in [6.45, 7) is 7.27. The van der Waals surface area contributed by atoms with Gasteiger partial charge in [-0.2, -0.15) is 0 Å². The molecule has 3 atom stereocenters. The van der Waals surface area contributed by atoms with E-state index in [2.05, 4.69) is 46.9 Å². The van der Waals surface area contributed by atoms with Gasteiger partial charge in [-0.3, -0.25) is 4.79 Å². The fraction of sp³-hybridized carbons (Fsp3) is 0.375. The predicted octanol–water partition coefficient (Wildman–Crippen LogP) is 5.50. The fourth-order valence-electron chi connectivity index (χ4n) is 3.79. The smallest absolute Gasteiger partial charge is 0.164 e. The van der Waals surface area contributed by atoms with Gasteiger partial charge in [-0.1, -0.05) is 46.3 Å². The lowest BCUT2D eigenvalue weighted by Gasteiger charge is -2.34. The van der Waals surface area contributed by atoms with E-state index in [0.717, 1.165) is 23.0 Å². The number of epoxide rings is 1. The molecule has 0 aromatic heterocycles. The molecule has 0 spiro atoms. The van der Waals surface area contributed by atoms with E-state index >= 15 is 0 Å². The molecule has 5 heteroatoms. The summed E-state index contributed by atoms with van der Waals surface area (Å²) >= 11 is 3.46. The minimum absolute atomic E-state index is 0.108. The number of ether oxygens (including phenoxy) is 1. The van der Waals surface area contributed by atoms with Crippen molar-refractivity contribution in [2.45, 2.75) is 43.7 Å². The Balaban J connectivity index is 1.75. The highest BCUT2D eigenvalue weighted by Gasteiger charge is 2.39. The Morgan fingerprint density at radius 2 is 1.97 bits per heavy atom. The molecule has 1 aliphatic rings. The van der Waals surface area contributed by atoms with E-state index in [-0.39, 0.29) is 23.7 Å². The number of benzene rings is 2. The zero-order valence-electron chi connectivity index (χ0n) is 16.7. The number of carbonyl (C=O) groups excluding carboxylic acids is 1. The molecule has 1 aliphatic heterocycles. The highest BCUT2D eigenvalue weighted by atomic mass is 79.9. The molecule has 0 aliphatic carbocycles. The Morgan fingerprint density at radius 1 is 1.31 bits per heavy atom. The molecule has 2 aromatic rings. The van der Waals surface area contributed by atoms with Crippen LogP contribution in [0, 0.1) is 5.82 Å². The van der Waals surface area contributed by atoms with Gasteiger partial charge in [-0.15, -0.1) is 6.58 Å². The number of allylic oxidation sites excluding steroid dienone is 1. The topological polar surface area (TPSA) is 41.6 Å². The molecule has 1 N–H and O–H groups in total. The molecule has 1 saturated heterocycles. The maximum atomic E-state index is 13.5. The molecular weight excluding hydrogens is 433 g/mol. The van der Waals surface area contributed by atoms with Gasteiger partial charge in [0.15, 0.2) is 5.78 Å². The zero-order chi connectivity index (χ0) is 20.9. The van der Waals surface area contributed by atoms with E-state index in [0.29, 0.717) is 19.4 Å². The summed E-state index contributed by atoms with van der Waals surface area (Å²) in [5, 5.41) is 3.57. The third kappa shape index (κ3) is 5.84. The monoisotopic (exact) mass is 459 g/mol. The van der Waals surface area contributed by atoms with Crippen LogP contribution in [0.1, 0.15) is 43.4 Å². The molecule has 2 aromatic carbocycles. The quantitative estimate of drug-likeness (QED) is 0.356. The van der Waals surface area contributed by atoms with Crippen molar-refractivity contribution in [1.29, 1.82) is 0 Å². The van der Waals surface area contributed by atoms with E-state index in [1.807, 2.05) is 18.2 Å². The van der Waals surface area contributed by atoms with Crippen molar-refractivity contribution in [1.82, 2.24) is 5.32 Å². The second-order valence-corrected chi connectivity index (χ2v) is 8.64. The van der Waals surface area contributed by atoms with Crippen molar-refractivity contribution in [2.24, 2.45) is 0 Å². The van der Waals surface area contributed by atoms with Crippen LogP contribution >= 0.6 is 15.9 Å². The number of carbonyl (C=O) groups is 1. The van der Waals surface area contributed by atoms with Crippen LogP contribution in [0.25, 0.3) is 0 Å². The number of rotatable bonds is 11. The van der Waals surface area contributed by atoms with Crippen LogP contribution < -0.4 is 5.32 Å². The molecule has 154 valence electrons. The lowest BCUT2D eigenvalue weighted by Crippen LogP contribution is -2.35. The molecule has 0 bridgehead atoms. The fourth-order valence-corrected chi connectivity index (χ4v) is 4.05. The summed E-state index contributed by atoms with van der Waals surface area (Å²) in [7, 11) is 0. The maximum absolute atomic E-state index is 13.5. The number of ketones is 1. The van der Waals surface area contributed by atoms with Gasteiger partial charge in [0.25, 0.3) is 0 Å². The number of halogens is 2. The first kappa shape index (κ1) is 21.9. The van der Waals surface area contributed by atoms with E-state index in [1.54, 1.807) is 12.1 Å².